The van der Waals surface area contributed by atoms with Gasteiger partial charge >= 0.3 is 0 Å². The number of hydrogen-bond acceptors (Lipinski definition) is 3. The van der Waals surface area contributed by atoms with Crippen molar-refractivity contribution in [3.63, 3.8) is 0 Å². The van der Waals surface area contributed by atoms with Gasteiger partial charge in [-0.2, -0.15) is 0 Å². The van der Waals surface area contributed by atoms with E-state index in [4.69, 9.17) is 4.74 Å². The Bertz CT molecular complexity index is 788. The van der Waals surface area contributed by atoms with Crippen LogP contribution in [0.4, 0.5) is 10.1 Å². The van der Waals surface area contributed by atoms with Gasteiger partial charge in [0.25, 0.3) is 5.91 Å². The third-order valence-electron chi connectivity index (χ3n) is 3.87. The third-order valence-corrected chi connectivity index (χ3v) is 3.87. The number of anilines is 1. The van der Waals surface area contributed by atoms with Crippen molar-refractivity contribution in [3.8, 4) is 5.75 Å². The number of carbonyl (C=O) groups is 2. The summed E-state index contributed by atoms with van der Waals surface area (Å²) in [5.74, 6) is -0.285. The van der Waals surface area contributed by atoms with Gasteiger partial charge in [-0.05, 0) is 62.2 Å². The van der Waals surface area contributed by atoms with E-state index in [1.54, 1.807) is 19.9 Å². The van der Waals surface area contributed by atoms with Gasteiger partial charge in [-0.15, -0.1) is 0 Å². The summed E-state index contributed by atoms with van der Waals surface area (Å²) in [7, 11) is 0. The minimum Gasteiger partial charge on any atom is -0.478 e. The van der Waals surface area contributed by atoms with Crippen molar-refractivity contribution in [3.05, 3.63) is 59.9 Å². The zero-order chi connectivity index (χ0) is 19.9. The second kappa shape index (κ2) is 9.16. The summed E-state index contributed by atoms with van der Waals surface area (Å²) >= 11 is 0. The summed E-state index contributed by atoms with van der Waals surface area (Å²) in [5, 5.41) is 5.66. The van der Waals surface area contributed by atoms with E-state index in [1.165, 1.54) is 24.3 Å². The highest BCUT2D eigenvalue weighted by atomic mass is 19.1. The van der Waals surface area contributed by atoms with Crippen LogP contribution in [0.2, 0.25) is 0 Å². The molecule has 2 rings (SSSR count). The number of hydrogen-bond donors (Lipinski definition) is 2. The van der Waals surface area contributed by atoms with Crippen LogP contribution < -0.4 is 15.4 Å². The number of rotatable bonds is 8. The molecule has 0 aliphatic heterocycles. The summed E-state index contributed by atoms with van der Waals surface area (Å²) in [6.07, 6.45) is 1.25. The highest BCUT2D eigenvalue weighted by Crippen LogP contribution is 2.19. The van der Waals surface area contributed by atoms with Gasteiger partial charge in [-0.25, -0.2) is 4.39 Å². The van der Waals surface area contributed by atoms with Gasteiger partial charge in [0.1, 0.15) is 11.6 Å². The molecule has 5 nitrogen and oxygen atoms in total. The summed E-state index contributed by atoms with van der Waals surface area (Å²) in [5.41, 5.74) is 0.433. The molecule has 0 saturated heterocycles. The van der Waals surface area contributed by atoms with Crippen LogP contribution in [0.1, 0.15) is 39.2 Å². The lowest BCUT2D eigenvalue weighted by Crippen LogP contribution is -2.46. The predicted octanol–water partition coefficient (Wildman–Crippen LogP) is 4.04. The molecule has 0 spiro atoms. The lowest BCUT2D eigenvalue weighted by atomic mass is 10.1. The number of ether oxygens (including phenoxy) is 1. The van der Waals surface area contributed by atoms with E-state index < -0.39 is 5.60 Å². The molecule has 2 amide bonds. The van der Waals surface area contributed by atoms with E-state index in [1.807, 2.05) is 25.1 Å². The molecule has 0 fully saturated rings. The maximum atomic E-state index is 13.0. The quantitative estimate of drug-likeness (QED) is 0.735. The number of carbonyl (C=O) groups excluding carboxylic acids is 2. The van der Waals surface area contributed by atoms with E-state index in [-0.39, 0.29) is 17.6 Å². The highest BCUT2D eigenvalue weighted by molar-refractivity contribution is 5.90. The average Bonchev–Trinajstić information content (AvgIpc) is 2.62. The van der Waals surface area contributed by atoms with Crippen molar-refractivity contribution in [1.29, 1.82) is 0 Å². The summed E-state index contributed by atoms with van der Waals surface area (Å²) in [6, 6.07) is 12.8. The van der Waals surface area contributed by atoms with Crippen LogP contribution in [-0.2, 0) is 16.1 Å². The van der Waals surface area contributed by atoms with E-state index in [9.17, 15) is 14.0 Å². The Hall–Kier alpha value is -2.89. The molecule has 0 aromatic heterocycles. The van der Waals surface area contributed by atoms with E-state index in [2.05, 4.69) is 10.6 Å². The average molecular weight is 372 g/mol. The zero-order valence-electron chi connectivity index (χ0n) is 15.8. The maximum Gasteiger partial charge on any atom is 0.263 e. The number of halogens is 1. The van der Waals surface area contributed by atoms with Crippen molar-refractivity contribution in [2.75, 3.05) is 5.32 Å². The fourth-order valence-corrected chi connectivity index (χ4v) is 2.45. The molecule has 0 bridgehead atoms. The number of nitrogens with one attached hydrogen (secondary N) is 2. The van der Waals surface area contributed by atoms with Gasteiger partial charge in [0, 0.05) is 18.7 Å². The van der Waals surface area contributed by atoms with Crippen molar-refractivity contribution in [2.45, 2.75) is 45.8 Å². The monoisotopic (exact) mass is 372 g/mol. The Morgan fingerprint density at radius 1 is 1.11 bits per heavy atom. The fraction of sp³-hybridized carbons (Fsp3) is 0.333. The third kappa shape index (κ3) is 6.40. The standard InChI is InChI=1S/C21H25FN2O3/c1-4-6-19(25)24-17-8-5-7-15(13-17)14-23-20(26)21(2,3)27-18-11-9-16(22)10-12-18/h5,7-13H,4,6,14H2,1-3H3,(H,23,26)(H,24,25). The topological polar surface area (TPSA) is 67.4 Å². The Morgan fingerprint density at radius 3 is 2.48 bits per heavy atom. The predicted molar refractivity (Wildman–Crippen MR) is 103 cm³/mol. The maximum absolute atomic E-state index is 13.0. The molecule has 0 aliphatic rings. The molecule has 0 radical (unpaired) electrons. The van der Waals surface area contributed by atoms with Gasteiger partial charge in [0.15, 0.2) is 5.60 Å². The SMILES string of the molecule is CCCC(=O)Nc1cccc(CNC(=O)C(C)(C)Oc2ccc(F)cc2)c1. The first-order valence-electron chi connectivity index (χ1n) is 8.92. The Labute approximate surface area is 158 Å². The largest absolute Gasteiger partial charge is 0.478 e. The molecule has 0 atom stereocenters. The normalized spacial score (nSPS) is 11.0. The van der Waals surface area contributed by atoms with E-state index >= 15 is 0 Å². The molecular formula is C21H25FN2O3. The van der Waals surface area contributed by atoms with Crippen LogP contribution in [0, 0.1) is 5.82 Å². The van der Waals surface area contributed by atoms with E-state index in [0.717, 1.165) is 12.0 Å². The number of benzene rings is 2. The first-order chi connectivity index (χ1) is 12.8. The van der Waals surface area contributed by atoms with Crippen LogP contribution >= 0.6 is 0 Å². The molecule has 0 unspecified atom stereocenters. The smallest absolute Gasteiger partial charge is 0.263 e. The van der Waals surface area contributed by atoms with Crippen molar-refractivity contribution in [1.82, 2.24) is 5.32 Å². The fourth-order valence-electron chi connectivity index (χ4n) is 2.45. The van der Waals surface area contributed by atoms with E-state index in [0.29, 0.717) is 24.4 Å². The van der Waals surface area contributed by atoms with Gasteiger partial charge in [0.05, 0.1) is 0 Å². The second-order valence-electron chi connectivity index (χ2n) is 6.75. The lowest BCUT2D eigenvalue weighted by Gasteiger charge is -2.25. The molecule has 0 heterocycles. The molecule has 6 heteroatoms. The summed E-state index contributed by atoms with van der Waals surface area (Å²) < 4.78 is 18.7. The molecular weight excluding hydrogens is 347 g/mol. The summed E-state index contributed by atoms with van der Waals surface area (Å²) in [6.45, 7) is 5.54. The van der Waals surface area contributed by atoms with Crippen LogP contribution in [0.25, 0.3) is 0 Å². The second-order valence-corrected chi connectivity index (χ2v) is 6.75. The van der Waals surface area contributed by atoms with Crippen molar-refractivity contribution < 1.29 is 18.7 Å². The zero-order valence-corrected chi connectivity index (χ0v) is 15.8. The lowest BCUT2D eigenvalue weighted by molar-refractivity contribution is -0.134. The minimum atomic E-state index is -1.12. The molecule has 0 aliphatic carbocycles. The Morgan fingerprint density at radius 2 is 1.81 bits per heavy atom. The van der Waals surface area contributed by atoms with Gasteiger partial charge in [-0.3, -0.25) is 9.59 Å². The Balaban J connectivity index is 1.93. The van der Waals surface area contributed by atoms with Crippen LogP contribution in [0.15, 0.2) is 48.5 Å². The molecule has 27 heavy (non-hydrogen) atoms. The first-order valence-corrected chi connectivity index (χ1v) is 8.92. The van der Waals surface area contributed by atoms with Crippen molar-refractivity contribution in [2.24, 2.45) is 0 Å². The molecule has 2 N–H and O–H groups in total. The van der Waals surface area contributed by atoms with Crippen LogP contribution in [0.3, 0.4) is 0 Å². The van der Waals surface area contributed by atoms with Gasteiger partial charge in [-0.1, -0.05) is 19.1 Å². The van der Waals surface area contributed by atoms with Gasteiger partial charge < -0.3 is 15.4 Å². The van der Waals surface area contributed by atoms with Gasteiger partial charge in [0.2, 0.25) is 5.91 Å². The van der Waals surface area contributed by atoms with Crippen LogP contribution in [-0.4, -0.2) is 17.4 Å². The molecule has 2 aromatic rings. The summed E-state index contributed by atoms with van der Waals surface area (Å²) in [4.78, 5) is 24.2. The van der Waals surface area contributed by atoms with Crippen LogP contribution in [0.5, 0.6) is 5.75 Å². The molecule has 2 aromatic carbocycles. The van der Waals surface area contributed by atoms with Crippen molar-refractivity contribution >= 4 is 17.5 Å². The number of amides is 2. The molecule has 0 saturated carbocycles. The molecule has 144 valence electrons. The highest BCUT2D eigenvalue weighted by Gasteiger charge is 2.29. The first kappa shape index (κ1) is 20.4. The Kier molecular flexibility index (Phi) is 6.93. The minimum absolute atomic E-state index is 0.0347.